The monoisotopic (exact) mass is 507 g/mol. The van der Waals surface area contributed by atoms with Crippen molar-refractivity contribution < 1.29 is 0 Å². The summed E-state index contributed by atoms with van der Waals surface area (Å²) in [5.74, 6) is 0.676. The molecule has 7 nitrogen and oxygen atoms in total. The lowest BCUT2D eigenvalue weighted by Crippen LogP contribution is -2.06. The summed E-state index contributed by atoms with van der Waals surface area (Å²) < 4.78 is 0. The summed E-state index contributed by atoms with van der Waals surface area (Å²) in [6.45, 7) is 3.96. The number of halogens is 2. The highest BCUT2D eigenvalue weighted by molar-refractivity contribution is 7.99. The Labute approximate surface area is 210 Å². The van der Waals surface area contributed by atoms with Crippen LogP contribution in [0.4, 0.5) is 23.3 Å². The van der Waals surface area contributed by atoms with Gasteiger partial charge in [0.1, 0.15) is 0 Å². The van der Waals surface area contributed by atoms with Gasteiger partial charge >= 0.3 is 0 Å². The molecule has 5 aromatic rings. The molecule has 2 aromatic heterocycles. The molecular weight excluding hydrogens is 489 g/mol. The van der Waals surface area contributed by atoms with Crippen LogP contribution in [-0.2, 0) is 0 Å². The second-order valence-corrected chi connectivity index (χ2v) is 9.41. The van der Waals surface area contributed by atoms with Crippen molar-refractivity contribution in [2.24, 2.45) is 0 Å². The molecule has 0 aliphatic carbocycles. The molecule has 3 aromatic carbocycles. The highest BCUT2D eigenvalue weighted by atomic mass is 35.5. The summed E-state index contributed by atoms with van der Waals surface area (Å²) in [7, 11) is 0. The van der Waals surface area contributed by atoms with Crippen molar-refractivity contribution in [3.63, 3.8) is 0 Å². The van der Waals surface area contributed by atoms with Crippen molar-refractivity contribution in [3.8, 4) is 0 Å². The van der Waals surface area contributed by atoms with Gasteiger partial charge in [0.05, 0.1) is 32.5 Å². The Bertz CT molecular complexity index is 1400. The summed E-state index contributed by atoms with van der Waals surface area (Å²) in [5.41, 5.74) is 5.31. The van der Waals surface area contributed by atoms with Crippen molar-refractivity contribution >= 4 is 69.3 Å². The van der Waals surface area contributed by atoms with Crippen LogP contribution in [0.15, 0.2) is 71.0 Å². The van der Waals surface area contributed by atoms with E-state index < -0.39 is 0 Å². The smallest absolute Gasteiger partial charge is 0.233 e. The molecule has 0 aliphatic rings. The Hall–Kier alpha value is -3.33. The van der Waals surface area contributed by atoms with Gasteiger partial charge in [-0.3, -0.25) is 0 Å². The van der Waals surface area contributed by atoms with Gasteiger partial charge in [0.15, 0.2) is 5.16 Å². The van der Waals surface area contributed by atoms with Crippen LogP contribution in [0.2, 0.25) is 10.0 Å². The van der Waals surface area contributed by atoms with E-state index in [2.05, 4.69) is 35.6 Å². The maximum Gasteiger partial charge on any atom is 0.233 e. The number of aromatic amines is 1. The molecule has 0 aliphatic heterocycles. The first-order chi connectivity index (χ1) is 16.4. The van der Waals surface area contributed by atoms with Crippen molar-refractivity contribution in [1.29, 1.82) is 0 Å². The molecular formula is C24H19Cl2N7S. The molecule has 0 saturated carbocycles. The van der Waals surface area contributed by atoms with Gasteiger partial charge < -0.3 is 15.6 Å². The number of para-hydroxylation sites is 2. The van der Waals surface area contributed by atoms with Crippen molar-refractivity contribution in [3.05, 3.63) is 81.8 Å². The predicted molar refractivity (Wildman–Crippen MR) is 139 cm³/mol. The summed E-state index contributed by atoms with van der Waals surface area (Å²) in [4.78, 5) is 21.6. The minimum Gasteiger partial charge on any atom is -0.333 e. The van der Waals surface area contributed by atoms with E-state index in [1.165, 1.54) is 11.8 Å². The van der Waals surface area contributed by atoms with Crippen LogP contribution in [-0.4, -0.2) is 24.9 Å². The van der Waals surface area contributed by atoms with Crippen LogP contribution in [0.3, 0.4) is 0 Å². The van der Waals surface area contributed by atoms with E-state index in [1.54, 1.807) is 0 Å². The van der Waals surface area contributed by atoms with Crippen LogP contribution in [0.1, 0.15) is 11.1 Å². The Morgan fingerprint density at radius 2 is 1.32 bits per heavy atom. The standard InChI is InChI=1S/C24H19Cl2N7S/c1-13-7-9-17(15(25)11-13)27-21-31-22(28-18-10-8-14(2)12-16(18)26)33-24(32-21)34-23-29-19-5-3-4-6-20(19)30-23/h3-12H,1-2H3,(H,29,30)(H2,27,28,31,32,33). The molecule has 3 N–H and O–H groups in total. The summed E-state index contributed by atoms with van der Waals surface area (Å²) in [5, 5.41) is 8.65. The fourth-order valence-corrected chi connectivity index (χ4v) is 4.57. The third kappa shape index (κ3) is 5.09. The van der Waals surface area contributed by atoms with Crippen LogP contribution in [0.5, 0.6) is 0 Å². The Balaban J connectivity index is 1.50. The SMILES string of the molecule is Cc1ccc(Nc2nc(Nc3ccc(C)cc3Cl)nc(Sc3nc4ccccc4[nH]3)n2)c(Cl)c1. The van der Waals surface area contributed by atoms with Gasteiger partial charge in [-0.25, -0.2) is 4.98 Å². The molecule has 0 radical (unpaired) electrons. The number of H-pyrrole nitrogens is 1. The van der Waals surface area contributed by atoms with Gasteiger partial charge in [-0.15, -0.1) is 0 Å². The van der Waals surface area contributed by atoms with Crippen molar-refractivity contribution in [2.45, 2.75) is 24.2 Å². The largest absolute Gasteiger partial charge is 0.333 e. The number of fused-ring (bicyclic) bond motifs is 1. The maximum atomic E-state index is 6.41. The van der Waals surface area contributed by atoms with Crippen LogP contribution >= 0.6 is 35.0 Å². The normalized spacial score (nSPS) is 11.1. The molecule has 10 heteroatoms. The molecule has 0 spiro atoms. The van der Waals surface area contributed by atoms with E-state index in [0.717, 1.165) is 22.2 Å². The number of aromatic nitrogens is 5. The molecule has 0 amide bonds. The van der Waals surface area contributed by atoms with E-state index in [-0.39, 0.29) is 0 Å². The average molecular weight is 508 g/mol. The van der Waals surface area contributed by atoms with Gasteiger partial charge in [0.2, 0.25) is 17.1 Å². The van der Waals surface area contributed by atoms with E-state index in [1.807, 2.05) is 74.5 Å². The molecule has 0 bridgehead atoms. The summed E-state index contributed by atoms with van der Waals surface area (Å²) >= 11 is 14.1. The maximum absolute atomic E-state index is 6.41. The number of imidazole rings is 1. The van der Waals surface area contributed by atoms with E-state index in [9.17, 15) is 0 Å². The quantitative estimate of drug-likeness (QED) is 0.222. The lowest BCUT2D eigenvalue weighted by atomic mass is 10.2. The zero-order valence-electron chi connectivity index (χ0n) is 18.2. The predicted octanol–water partition coefficient (Wildman–Crippen LogP) is 7.31. The minimum absolute atomic E-state index is 0.338. The number of benzene rings is 3. The third-order valence-electron chi connectivity index (χ3n) is 4.91. The first-order valence-corrected chi connectivity index (χ1v) is 12.0. The lowest BCUT2D eigenvalue weighted by Gasteiger charge is -2.12. The molecule has 5 rings (SSSR count). The van der Waals surface area contributed by atoms with Gasteiger partial charge in [-0.1, -0.05) is 47.5 Å². The second-order valence-electron chi connectivity index (χ2n) is 7.64. The molecule has 170 valence electrons. The van der Waals surface area contributed by atoms with Gasteiger partial charge in [-0.05, 0) is 73.1 Å². The van der Waals surface area contributed by atoms with Gasteiger partial charge in [0.25, 0.3) is 0 Å². The first kappa shape index (κ1) is 22.5. The minimum atomic E-state index is 0.338. The molecule has 0 unspecified atom stereocenters. The highest BCUT2D eigenvalue weighted by Crippen LogP contribution is 2.30. The first-order valence-electron chi connectivity index (χ1n) is 10.4. The Morgan fingerprint density at radius 3 is 1.88 bits per heavy atom. The summed E-state index contributed by atoms with van der Waals surface area (Å²) in [6.07, 6.45) is 0. The zero-order valence-corrected chi connectivity index (χ0v) is 20.6. The molecule has 34 heavy (non-hydrogen) atoms. The number of aryl methyl sites for hydroxylation is 2. The number of nitrogens with one attached hydrogen (secondary N) is 3. The van der Waals surface area contributed by atoms with E-state index >= 15 is 0 Å². The topological polar surface area (TPSA) is 91.4 Å². The van der Waals surface area contributed by atoms with Crippen molar-refractivity contribution in [1.82, 2.24) is 24.9 Å². The van der Waals surface area contributed by atoms with Crippen LogP contribution in [0.25, 0.3) is 11.0 Å². The van der Waals surface area contributed by atoms with Gasteiger partial charge in [-0.2, -0.15) is 15.0 Å². The Kier molecular flexibility index (Phi) is 6.28. The van der Waals surface area contributed by atoms with Crippen molar-refractivity contribution in [2.75, 3.05) is 10.6 Å². The molecule has 0 saturated heterocycles. The number of nitrogens with zero attached hydrogens (tertiary/aromatic N) is 4. The third-order valence-corrected chi connectivity index (χ3v) is 6.29. The average Bonchev–Trinajstić information content (AvgIpc) is 3.20. The fourth-order valence-electron chi connectivity index (χ4n) is 3.26. The molecule has 0 fully saturated rings. The lowest BCUT2D eigenvalue weighted by molar-refractivity contribution is 0.913. The number of hydrogen-bond acceptors (Lipinski definition) is 7. The van der Waals surface area contributed by atoms with Crippen LogP contribution in [0, 0.1) is 13.8 Å². The number of rotatable bonds is 6. The molecule has 2 heterocycles. The second kappa shape index (κ2) is 9.50. The highest BCUT2D eigenvalue weighted by Gasteiger charge is 2.13. The number of hydrogen-bond donors (Lipinski definition) is 3. The van der Waals surface area contributed by atoms with E-state index in [4.69, 9.17) is 23.2 Å². The Morgan fingerprint density at radius 1 is 0.735 bits per heavy atom. The molecule has 0 atom stereocenters. The summed E-state index contributed by atoms with van der Waals surface area (Å²) in [6, 6.07) is 19.3. The number of anilines is 4. The fraction of sp³-hybridized carbons (Fsp3) is 0.0833. The van der Waals surface area contributed by atoms with Gasteiger partial charge in [0, 0.05) is 0 Å². The zero-order chi connectivity index (χ0) is 23.7. The van der Waals surface area contributed by atoms with E-state index in [0.29, 0.717) is 43.6 Å². The van der Waals surface area contributed by atoms with Crippen LogP contribution < -0.4 is 10.6 Å².